The number of hydrogen-bond acceptors (Lipinski definition) is 1. The molecule has 0 bridgehead atoms. The lowest BCUT2D eigenvalue weighted by molar-refractivity contribution is 0.154. The van der Waals surface area contributed by atoms with Gasteiger partial charge in [0.1, 0.15) is 0 Å². The standard InChI is InChI=1S/C18H18BrN/c19-17-8-4-7-16-15(17)9-12-20(18(16)10-11-18)13-14-5-2-1-3-6-14/h1-8H,9-13H2. The first-order chi connectivity index (χ1) is 9.79. The second-order valence-corrected chi connectivity index (χ2v) is 6.81. The highest BCUT2D eigenvalue weighted by atomic mass is 79.9. The first kappa shape index (κ1) is 12.6. The van der Waals surface area contributed by atoms with Crippen LogP contribution in [0.2, 0.25) is 0 Å². The Balaban J connectivity index is 1.68. The van der Waals surface area contributed by atoms with Crippen LogP contribution in [0.4, 0.5) is 0 Å². The maximum absolute atomic E-state index is 3.73. The Labute approximate surface area is 128 Å². The number of halogens is 1. The molecule has 0 saturated heterocycles. The van der Waals surface area contributed by atoms with Crippen LogP contribution in [0.3, 0.4) is 0 Å². The first-order valence-electron chi connectivity index (χ1n) is 7.36. The minimum absolute atomic E-state index is 0.327. The third-order valence-corrected chi connectivity index (χ3v) is 5.54. The maximum atomic E-state index is 3.73. The van der Waals surface area contributed by atoms with Gasteiger partial charge in [0.2, 0.25) is 0 Å². The van der Waals surface area contributed by atoms with Crippen LogP contribution in [0.25, 0.3) is 0 Å². The molecule has 102 valence electrons. The minimum Gasteiger partial charge on any atom is -0.289 e. The highest BCUT2D eigenvalue weighted by Crippen LogP contribution is 2.55. The van der Waals surface area contributed by atoms with Gasteiger partial charge in [-0.3, -0.25) is 4.90 Å². The fourth-order valence-electron chi connectivity index (χ4n) is 3.62. The Morgan fingerprint density at radius 1 is 1.00 bits per heavy atom. The fourth-order valence-corrected chi connectivity index (χ4v) is 4.18. The van der Waals surface area contributed by atoms with Crippen LogP contribution in [0.1, 0.15) is 29.5 Å². The van der Waals surface area contributed by atoms with Crippen molar-refractivity contribution in [3.05, 3.63) is 69.7 Å². The third kappa shape index (κ3) is 1.94. The topological polar surface area (TPSA) is 3.24 Å². The van der Waals surface area contributed by atoms with E-state index in [1.807, 2.05) is 0 Å². The van der Waals surface area contributed by atoms with Crippen molar-refractivity contribution in [1.29, 1.82) is 0 Å². The summed E-state index contributed by atoms with van der Waals surface area (Å²) in [5.74, 6) is 0. The Morgan fingerprint density at radius 2 is 1.80 bits per heavy atom. The summed E-state index contributed by atoms with van der Waals surface area (Å²) < 4.78 is 1.29. The summed E-state index contributed by atoms with van der Waals surface area (Å²) in [6, 6.07) is 17.6. The molecule has 2 aliphatic rings. The summed E-state index contributed by atoms with van der Waals surface area (Å²) in [6.07, 6.45) is 3.78. The number of fused-ring (bicyclic) bond motifs is 2. The minimum atomic E-state index is 0.327. The van der Waals surface area contributed by atoms with E-state index in [4.69, 9.17) is 0 Å². The molecule has 0 atom stereocenters. The molecule has 2 heteroatoms. The van der Waals surface area contributed by atoms with Gasteiger partial charge in [0.15, 0.2) is 0 Å². The molecule has 0 radical (unpaired) electrons. The van der Waals surface area contributed by atoms with Crippen molar-refractivity contribution in [2.24, 2.45) is 0 Å². The van der Waals surface area contributed by atoms with Gasteiger partial charge in [0.05, 0.1) is 0 Å². The van der Waals surface area contributed by atoms with E-state index in [-0.39, 0.29) is 0 Å². The number of rotatable bonds is 2. The van der Waals surface area contributed by atoms with Crippen LogP contribution >= 0.6 is 15.9 Å². The predicted octanol–water partition coefficient (Wildman–Crippen LogP) is 4.50. The Kier molecular flexibility index (Phi) is 2.97. The lowest BCUT2D eigenvalue weighted by Crippen LogP contribution is -2.41. The molecular weight excluding hydrogens is 310 g/mol. The number of hydrogen-bond donors (Lipinski definition) is 0. The van der Waals surface area contributed by atoms with Crippen molar-refractivity contribution in [2.45, 2.75) is 31.3 Å². The highest BCUT2D eigenvalue weighted by molar-refractivity contribution is 9.10. The molecule has 0 unspecified atom stereocenters. The first-order valence-corrected chi connectivity index (χ1v) is 8.16. The molecule has 1 heterocycles. The van der Waals surface area contributed by atoms with Gasteiger partial charge in [-0.1, -0.05) is 58.4 Å². The molecule has 4 rings (SSSR count). The molecule has 1 aliphatic heterocycles. The highest BCUT2D eigenvalue weighted by Gasteiger charge is 2.52. The maximum Gasteiger partial charge on any atom is 0.0469 e. The molecule has 1 nitrogen and oxygen atoms in total. The zero-order valence-electron chi connectivity index (χ0n) is 11.5. The molecule has 2 aromatic carbocycles. The van der Waals surface area contributed by atoms with Gasteiger partial charge in [0.25, 0.3) is 0 Å². The van der Waals surface area contributed by atoms with Crippen molar-refractivity contribution in [3.63, 3.8) is 0 Å². The molecular formula is C18H18BrN. The van der Waals surface area contributed by atoms with E-state index in [1.54, 1.807) is 5.56 Å². The molecule has 1 spiro atoms. The van der Waals surface area contributed by atoms with Gasteiger partial charge in [-0.2, -0.15) is 0 Å². The fraction of sp³-hybridized carbons (Fsp3) is 0.333. The summed E-state index contributed by atoms with van der Waals surface area (Å²) >= 11 is 3.73. The molecule has 0 amide bonds. The quantitative estimate of drug-likeness (QED) is 0.785. The zero-order chi connectivity index (χ0) is 13.6. The van der Waals surface area contributed by atoms with Crippen LogP contribution in [0.5, 0.6) is 0 Å². The van der Waals surface area contributed by atoms with Gasteiger partial charge >= 0.3 is 0 Å². The van der Waals surface area contributed by atoms with Crippen LogP contribution in [-0.2, 0) is 18.5 Å². The second-order valence-electron chi connectivity index (χ2n) is 5.95. The van der Waals surface area contributed by atoms with Crippen molar-refractivity contribution < 1.29 is 0 Å². The van der Waals surface area contributed by atoms with E-state index < -0.39 is 0 Å². The number of nitrogens with zero attached hydrogens (tertiary/aromatic N) is 1. The van der Waals surface area contributed by atoms with Gasteiger partial charge in [-0.15, -0.1) is 0 Å². The summed E-state index contributed by atoms with van der Waals surface area (Å²) in [4.78, 5) is 2.69. The average molecular weight is 328 g/mol. The molecule has 20 heavy (non-hydrogen) atoms. The molecule has 0 aromatic heterocycles. The smallest absolute Gasteiger partial charge is 0.0469 e. The second kappa shape index (κ2) is 4.71. The van der Waals surface area contributed by atoms with E-state index in [2.05, 4.69) is 69.4 Å². The van der Waals surface area contributed by atoms with Crippen LogP contribution < -0.4 is 0 Å². The Morgan fingerprint density at radius 3 is 2.55 bits per heavy atom. The molecule has 1 aliphatic carbocycles. The van der Waals surface area contributed by atoms with E-state index in [0.717, 1.165) is 13.0 Å². The average Bonchev–Trinajstić information content (AvgIpc) is 3.26. The number of benzene rings is 2. The van der Waals surface area contributed by atoms with Crippen molar-refractivity contribution in [3.8, 4) is 0 Å². The van der Waals surface area contributed by atoms with E-state index in [9.17, 15) is 0 Å². The largest absolute Gasteiger partial charge is 0.289 e. The summed E-state index contributed by atoms with van der Waals surface area (Å²) in [5.41, 5.74) is 4.85. The lowest BCUT2D eigenvalue weighted by atomic mass is 9.90. The van der Waals surface area contributed by atoms with Gasteiger partial charge in [-0.05, 0) is 42.0 Å². The summed E-state index contributed by atoms with van der Waals surface area (Å²) in [6.45, 7) is 2.25. The van der Waals surface area contributed by atoms with E-state index in [0.29, 0.717) is 5.54 Å². The van der Waals surface area contributed by atoms with E-state index in [1.165, 1.54) is 35.0 Å². The van der Waals surface area contributed by atoms with Crippen molar-refractivity contribution in [1.82, 2.24) is 4.90 Å². The summed E-state index contributed by atoms with van der Waals surface area (Å²) in [5, 5.41) is 0. The molecule has 1 fully saturated rings. The zero-order valence-corrected chi connectivity index (χ0v) is 13.1. The van der Waals surface area contributed by atoms with Gasteiger partial charge in [0, 0.05) is 23.1 Å². The molecule has 1 saturated carbocycles. The normalized spacial score (nSPS) is 19.9. The SMILES string of the molecule is Brc1cccc2c1CCN(Cc1ccccc1)C21CC1. The predicted molar refractivity (Wildman–Crippen MR) is 85.6 cm³/mol. The van der Waals surface area contributed by atoms with Crippen molar-refractivity contribution in [2.75, 3.05) is 6.54 Å². The third-order valence-electron chi connectivity index (χ3n) is 4.80. The van der Waals surface area contributed by atoms with Crippen LogP contribution in [0, 0.1) is 0 Å². The summed E-state index contributed by atoms with van der Waals surface area (Å²) in [7, 11) is 0. The lowest BCUT2D eigenvalue weighted by Gasteiger charge is -2.38. The van der Waals surface area contributed by atoms with Crippen LogP contribution in [0.15, 0.2) is 53.0 Å². The van der Waals surface area contributed by atoms with Gasteiger partial charge < -0.3 is 0 Å². The Bertz CT molecular complexity index is 631. The van der Waals surface area contributed by atoms with Gasteiger partial charge in [-0.25, -0.2) is 0 Å². The van der Waals surface area contributed by atoms with E-state index >= 15 is 0 Å². The molecule has 2 aromatic rings. The monoisotopic (exact) mass is 327 g/mol. The van der Waals surface area contributed by atoms with Crippen LogP contribution in [-0.4, -0.2) is 11.4 Å². The Hall–Kier alpha value is -1.12. The van der Waals surface area contributed by atoms with Crippen molar-refractivity contribution >= 4 is 15.9 Å². The molecule has 0 N–H and O–H groups in total.